The maximum absolute atomic E-state index is 11.6. The lowest BCUT2D eigenvalue weighted by Gasteiger charge is -2.17. The number of rotatable bonds is 6. The van der Waals surface area contributed by atoms with E-state index in [4.69, 9.17) is 5.11 Å². The zero-order valence-corrected chi connectivity index (χ0v) is 10.5. The number of anilines is 2. The van der Waals surface area contributed by atoms with E-state index in [2.05, 4.69) is 10.3 Å². The number of carboxylic acid groups (broad SMARTS) is 1. The van der Waals surface area contributed by atoms with Crippen molar-refractivity contribution in [2.45, 2.75) is 19.3 Å². The van der Waals surface area contributed by atoms with E-state index in [-0.39, 0.29) is 18.7 Å². The molecule has 1 aromatic heterocycles. The Kier molecular flexibility index (Phi) is 5.10. The summed E-state index contributed by atoms with van der Waals surface area (Å²) in [6.45, 7) is 0. The molecule has 1 rings (SSSR count). The second-order valence-corrected chi connectivity index (χ2v) is 4.08. The fraction of sp³-hybridized carbons (Fsp3) is 0.417. The molecule has 18 heavy (non-hydrogen) atoms. The zero-order valence-electron chi connectivity index (χ0n) is 10.5. The highest BCUT2D eigenvalue weighted by molar-refractivity contribution is 5.94. The quantitative estimate of drug-likeness (QED) is 0.797. The number of nitrogens with zero attached hydrogens (tertiary/aromatic N) is 2. The van der Waals surface area contributed by atoms with Gasteiger partial charge in [0.2, 0.25) is 5.91 Å². The molecule has 2 N–H and O–H groups in total. The molecule has 1 heterocycles. The summed E-state index contributed by atoms with van der Waals surface area (Å²) >= 11 is 0. The Balaban J connectivity index is 2.56. The average Bonchev–Trinajstić information content (AvgIpc) is 2.28. The summed E-state index contributed by atoms with van der Waals surface area (Å²) < 4.78 is 0. The van der Waals surface area contributed by atoms with Gasteiger partial charge in [0.25, 0.3) is 0 Å². The molecular weight excluding hydrogens is 234 g/mol. The topological polar surface area (TPSA) is 82.5 Å². The van der Waals surface area contributed by atoms with Gasteiger partial charge in [-0.2, -0.15) is 0 Å². The third-order valence-electron chi connectivity index (χ3n) is 2.35. The number of aliphatic carboxylic acids is 1. The van der Waals surface area contributed by atoms with Crippen LogP contribution < -0.4 is 10.2 Å². The Morgan fingerprint density at radius 2 is 2.11 bits per heavy atom. The lowest BCUT2D eigenvalue weighted by molar-refractivity contribution is -0.137. The highest BCUT2D eigenvalue weighted by atomic mass is 16.4. The van der Waals surface area contributed by atoms with Gasteiger partial charge in [-0.05, 0) is 12.5 Å². The van der Waals surface area contributed by atoms with Gasteiger partial charge in [0.05, 0.1) is 17.6 Å². The van der Waals surface area contributed by atoms with Crippen molar-refractivity contribution in [3.63, 3.8) is 0 Å². The molecule has 0 saturated heterocycles. The molecule has 0 unspecified atom stereocenters. The van der Waals surface area contributed by atoms with Gasteiger partial charge in [-0.15, -0.1) is 0 Å². The van der Waals surface area contributed by atoms with Crippen LogP contribution in [0.5, 0.6) is 0 Å². The largest absolute Gasteiger partial charge is 0.481 e. The summed E-state index contributed by atoms with van der Waals surface area (Å²) in [5.41, 5.74) is 1.49. The van der Waals surface area contributed by atoms with Crippen molar-refractivity contribution in [3.05, 3.63) is 18.5 Å². The van der Waals surface area contributed by atoms with Crippen LogP contribution in [0.1, 0.15) is 19.3 Å². The van der Waals surface area contributed by atoms with E-state index >= 15 is 0 Å². The van der Waals surface area contributed by atoms with Crippen LogP contribution in [-0.4, -0.2) is 36.1 Å². The highest BCUT2D eigenvalue weighted by Gasteiger charge is 2.08. The minimum absolute atomic E-state index is 0.000989. The molecule has 0 aliphatic heterocycles. The van der Waals surface area contributed by atoms with Crippen molar-refractivity contribution in [2.75, 3.05) is 24.3 Å². The number of hydrogen-bond acceptors (Lipinski definition) is 4. The molecule has 0 radical (unpaired) electrons. The third kappa shape index (κ3) is 4.40. The Bertz CT molecular complexity index is 432. The van der Waals surface area contributed by atoms with Crippen molar-refractivity contribution in [3.8, 4) is 0 Å². The van der Waals surface area contributed by atoms with Gasteiger partial charge in [-0.1, -0.05) is 0 Å². The van der Waals surface area contributed by atoms with E-state index in [1.807, 2.05) is 19.0 Å². The fourth-order valence-corrected chi connectivity index (χ4v) is 1.49. The van der Waals surface area contributed by atoms with Crippen molar-refractivity contribution in [2.24, 2.45) is 0 Å². The van der Waals surface area contributed by atoms with Crippen LogP contribution in [0.4, 0.5) is 11.4 Å². The monoisotopic (exact) mass is 251 g/mol. The van der Waals surface area contributed by atoms with Crippen LogP contribution in [0.25, 0.3) is 0 Å². The van der Waals surface area contributed by atoms with Gasteiger partial charge >= 0.3 is 5.97 Å². The first-order chi connectivity index (χ1) is 8.50. The number of nitrogens with one attached hydrogen (secondary N) is 1. The Morgan fingerprint density at radius 3 is 2.72 bits per heavy atom. The Morgan fingerprint density at radius 1 is 1.39 bits per heavy atom. The smallest absolute Gasteiger partial charge is 0.303 e. The molecule has 0 bridgehead atoms. The molecule has 0 aliphatic carbocycles. The molecule has 1 aromatic rings. The van der Waals surface area contributed by atoms with E-state index in [9.17, 15) is 9.59 Å². The first kappa shape index (κ1) is 14.0. The molecule has 6 heteroatoms. The van der Waals surface area contributed by atoms with E-state index < -0.39 is 5.97 Å². The van der Waals surface area contributed by atoms with Crippen molar-refractivity contribution in [1.82, 2.24) is 4.98 Å². The Labute approximate surface area is 106 Å². The number of carboxylic acids is 1. The normalized spacial score (nSPS) is 9.89. The van der Waals surface area contributed by atoms with Crippen LogP contribution in [0, 0.1) is 0 Å². The van der Waals surface area contributed by atoms with Crippen LogP contribution in [0.3, 0.4) is 0 Å². The van der Waals surface area contributed by atoms with Gasteiger partial charge in [0.1, 0.15) is 0 Å². The maximum Gasteiger partial charge on any atom is 0.303 e. The summed E-state index contributed by atoms with van der Waals surface area (Å²) in [6, 6.07) is 1.80. The first-order valence-electron chi connectivity index (χ1n) is 5.63. The number of carbonyl (C=O) groups is 2. The average molecular weight is 251 g/mol. The SMILES string of the molecule is CN(C)c1ccncc1NC(=O)CCCC(=O)O. The summed E-state index contributed by atoms with van der Waals surface area (Å²) in [5, 5.41) is 11.2. The van der Waals surface area contributed by atoms with Gasteiger partial charge < -0.3 is 15.3 Å². The maximum atomic E-state index is 11.6. The fourth-order valence-electron chi connectivity index (χ4n) is 1.49. The van der Waals surface area contributed by atoms with E-state index in [1.165, 1.54) is 0 Å². The van der Waals surface area contributed by atoms with Gasteiger partial charge in [0.15, 0.2) is 0 Å². The zero-order chi connectivity index (χ0) is 13.5. The van der Waals surface area contributed by atoms with Gasteiger partial charge in [0, 0.05) is 33.1 Å². The van der Waals surface area contributed by atoms with Crippen LogP contribution in [0.15, 0.2) is 18.5 Å². The van der Waals surface area contributed by atoms with E-state index in [1.54, 1.807) is 18.5 Å². The molecule has 98 valence electrons. The molecule has 0 fully saturated rings. The lowest BCUT2D eigenvalue weighted by Crippen LogP contribution is -2.16. The Hall–Kier alpha value is -2.11. The standard InChI is InChI=1S/C12H17N3O3/c1-15(2)10-6-7-13-8-9(10)14-11(16)4-3-5-12(17)18/h6-8H,3-5H2,1-2H3,(H,14,16)(H,17,18). The number of carbonyl (C=O) groups excluding carboxylic acids is 1. The van der Waals surface area contributed by atoms with E-state index in [0.29, 0.717) is 12.1 Å². The van der Waals surface area contributed by atoms with Crippen LogP contribution >= 0.6 is 0 Å². The predicted octanol–water partition coefficient (Wildman–Crippen LogP) is 1.34. The van der Waals surface area contributed by atoms with Gasteiger partial charge in [-0.3, -0.25) is 14.6 Å². The summed E-state index contributed by atoms with van der Waals surface area (Å²) in [6.07, 6.45) is 3.74. The molecule has 6 nitrogen and oxygen atoms in total. The first-order valence-corrected chi connectivity index (χ1v) is 5.63. The number of amides is 1. The van der Waals surface area contributed by atoms with Gasteiger partial charge in [-0.25, -0.2) is 0 Å². The van der Waals surface area contributed by atoms with E-state index in [0.717, 1.165) is 5.69 Å². The molecule has 0 atom stereocenters. The predicted molar refractivity (Wildman–Crippen MR) is 68.7 cm³/mol. The second-order valence-electron chi connectivity index (χ2n) is 4.08. The van der Waals surface area contributed by atoms with Crippen molar-refractivity contribution >= 4 is 23.3 Å². The number of aromatic nitrogens is 1. The van der Waals surface area contributed by atoms with Crippen LogP contribution in [-0.2, 0) is 9.59 Å². The molecule has 0 aliphatic rings. The molecule has 1 amide bonds. The number of hydrogen-bond donors (Lipinski definition) is 2. The molecule has 0 aromatic carbocycles. The minimum Gasteiger partial charge on any atom is -0.481 e. The minimum atomic E-state index is -0.891. The molecular formula is C12H17N3O3. The lowest BCUT2D eigenvalue weighted by atomic mass is 10.2. The molecule has 0 saturated carbocycles. The summed E-state index contributed by atoms with van der Waals surface area (Å²) in [5.74, 6) is -1.09. The number of pyridine rings is 1. The molecule has 0 spiro atoms. The summed E-state index contributed by atoms with van der Waals surface area (Å²) in [7, 11) is 3.74. The van der Waals surface area contributed by atoms with Crippen LogP contribution in [0.2, 0.25) is 0 Å². The van der Waals surface area contributed by atoms with Crippen molar-refractivity contribution < 1.29 is 14.7 Å². The summed E-state index contributed by atoms with van der Waals surface area (Å²) in [4.78, 5) is 27.8. The second kappa shape index (κ2) is 6.58. The van der Waals surface area contributed by atoms with Crippen molar-refractivity contribution in [1.29, 1.82) is 0 Å². The third-order valence-corrected chi connectivity index (χ3v) is 2.35. The highest BCUT2D eigenvalue weighted by Crippen LogP contribution is 2.22.